The van der Waals surface area contributed by atoms with Crippen LogP contribution in [0.3, 0.4) is 0 Å². The van der Waals surface area contributed by atoms with E-state index in [4.69, 9.17) is 9.72 Å². The summed E-state index contributed by atoms with van der Waals surface area (Å²) in [6.45, 7) is 6.05. The summed E-state index contributed by atoms with van der Waals surface area (Å²) in [5.74, 6) is 1.70. The molecule has 1 aliphatic heterocycles. The molecule has 1 aliphatic rings. The molecule has 1 atom stereocenters. The van der Waals surface area contributed by atoms with Crippen molar-refractivity contribution in [2.24, 2.45) is 4.36 Å². The molecule has 1 saturated heterocycles. The first kappa shape index (κ1) is 21.5. The van der Waals surface area contributed by atoms with E-state index >= 15 is 0 Å². The van der Waals surface area contributed by atoms with Crippen LogP contribution in [0.1, 0.15) is 12.6 Å². The van der Waals surface area contributed by atoms with Crippen molar-refractivity contribution in [2.45, 2.75) is 19.9 Å². The second-order valence-corrected chi connectivity index (χ2v) is 9.82. The molecule has 3 aromatic rings. The molecule has 0 aromatic carbocycles. The lowest BCUT2D eigenvalue weighted by atomic mass is 10.2. The monoisotopic (exact) mass is 436 g/mol. The maximum atomic E-state index is 12.3. The number of hydrogen-bond donors (Lipinski definition) is 0. The van der Waals surface area contributed by atoms with Gasteiger partial charge in [-0.1, -0.05) is 6.07 Å². The third-order valence-corrected chi connectivity index (χ3v) is 5.22. The van der Waals surface area contributed by atoms with E-state index in [2.05, 4.69) is 26.2 Å². The Morgan fingerprint density at radius 2 is 2.03 bits per heavy atom. The van der Waals surface area contributed by atoms with Gasteiger partial charge in [-0.25, -0.2) is 19.2 Å². The molecule has 0 unspecified atom stereocenters. The molecule has 0 bridgehead atoms. The number of aromatic nitrogens is 4. The Bertz CT molecular complexity index is 1150. The number of morpholine rings is 1. The van der Waals surface area contributed by atoms with Gasteiger partial charge in [-0.05, 0) is 26.0 Å². The number of anilines is 1. The number of hydrogen-bond acceptors (Lipinski definition) is 7. The van der Waals surface area contributed by atoms with Crippen molar-refractivity contribution in [3.63, 3.8) is 0 Å². The molecule has 156 valence electrons. The lowest BCUT2D eigenvalue weighted by molar-refractivity contribution is 0.0985. The zero-order valence-electron chi connectivity index (χ0n) is 16.9. The number of pyridine rings is 1. The van der Waals surface area contributed by atoms with Gasteiger partial charge in [-0.15, -0.1) is 12.4 Å². The number of halogens is 1. The van der Waals surface area contributed by atoms with Gasteiger partial charge in [0.05, 0.1) is 24.9 Å². The highest BCUT2D eigenvalue weighted by molar-refractivity contribution is 7.92. The second kappa shape index (κ2) is 8.25. The Morgan fingerprint density at radius 1 is 1.24 bits per heavy atom. The van der Waals surface area contributed by atoms with Crippen molar-refractivity contribution in [3.05, 3.63) is 36.2 Å². The topological polar surface area (TPSA) is 85.0 Å². The maximum Gasteiger partial charge on any atom is 0.182 e. The molecule has 3 aromatic heterocycles. The summed E-state index contributed by atoms with van der Waals surface area (Å²) < 4.78 is 24.2. The van der Waals surface area contributed by atoms with Gasteiger partial charge >= 0.3 is 0 Å². The summed E-state index contributed by atoms with van der Waals surface area (Å²) in [4.78, 5) is 16.2. The number of rotatable bonds is 3. The van der Waals surface area contributed by atoms with E-state index in [1.807, 2.05) is 35.7 Å². The first-order valence-corrected chi connectivity index (χ1v) is 11.5. The van der Waals surface area contributed by atoms with Crippen molar-refractivity contribution in [2.75, 3.05) is 37.2 Å². The highest BCUT2D eigenvalue weighted by atomic mass is 35.5. The Hall–Kier alpha value is -2.23. The van der Waals surface area contributed by atoms with E-state index in [0.29, 0.717) is 24.9 Å². The molecule has 0 saturated carbocycles. The molecule has 8 nitrogen and oxygen atoms in total. The van der Waals surface area contributed by atoms with Crippen LogP contribution in [-0.4, -0.2) is 61.9 Å². The van der Waals surface area contributed by atoms with Gasteiger partial charge < -0.3 is 9.64 Å². The first-order chi connectivity index (χ1) is 13.3. The van der Waals surface area contributed by atoms with E-state index in [1.165, 1.54) is 0 Å². The Labute approximate surface area is 176 Å². The van der Waals surface area contributed by atoms with Crippen LogP contribution in [0.4, 0.5) is 11.6 Å². The average molecular weight is 437 g/mol. The normalized spacial score (nSPS) is 17.2. The zero-order valence-corrected chi connectivity index (χ0v) is 18.5. The van der Waals surface area contributed by atoms with Gasteiger partial charge in [0.15, 0.2) is 11.6 Å². The highest BCUT2D eigenvalue weighted by Gasteiger charge is 2.23. The van der Waals surface area contributed by atoms with Crippen LogP contribution in [0.15, 0.2) is 34.8 Å². The van der Waals surface area contributed by atoms with E-state index < -0.39 is 9.73 Å². The van der Waals surface area contributed by atoms with Crippen molar-refractivity contribution < 1.29 is 8.95 Å². The van der Waals surface area contributed by atoms with Crippen LogP contribution in [0.5, 0.6) is 0 Å². The molecule has 0 amide bonds. The fraction of sp³-hybridized carbons (Fsp3) is 0.421. The molecule has 29 heavy (non-hydrogen) atoms. The molecule has 0 spiro atoms. The quantitative estimate of drug-likeness (QED) is 0.627. The highest BCUT2D eigenvalue weighted by Crippen LogP contribution is 2.29. The van der Waals surface area contributed by atoms with Crippen LogP contribution in [0, 0.1) is 6.92 Å². The van der Waals surface area contributed by atoms with E-state index in [0.717, 1.165) is 29.4 Å². The van der Waals surface area contributed by atoms with Gasteiger partial charge in [0.25, 0.3) is 0 Å². The molecular formula is C19H25ClN6O2S. The Morgan fingerprint density at radius 3 is 2.76 bits per heavy atom. The van der Waals surface area contributed by atoms with Crippen LogP contribution >= 0.6 is 12.4 Å². The molecule has 10 heteroatoms. The van der Waals surface area contributed by atoms with Crippen molar-refractivity contribution in [1.29, 1.82) is 0 Å². The smallest absolute Gasteiger partial charge is 0.182 e. The van der Waals surface area contributed by atoms with Gasteiger partial charge in [0.1, 0.15) is 17.2 Å². The summed E-state index contributed by atoms with van der Waals surface area (Å²) in [5.41, 5.74) is 2.48. The van der Waals surface area contributed by atoms with Crippen LogP contribution < -0.4 is 4.90 Å². The lowest BCUT2D eigenvalue weighted by Gasteiger charge is -2.34. The standard InChI is InChI=1S/C19H24N6O2S.ClH/c1-13-12-27-10-9-24(13)17-11-15(23-28(3,4)26)21-19(22-17)18-14(2)20-16-7-5-6-8-25(16)18;/h5-8,11,13H,9-10,12H2,1-4H3;1H/t13-;/m1./s1. The minimum absolute atomic E-state index is 0. The molecule has 4 rings (SSSR count). The summed E-state index contributed by atoms with van der Waals surface area (Å²) >= 11 is 0. The van der Waals surface area contributed by atoms with Crippen LogP contribution in [0.2, 0.25) is 0 Å². The molecular weight excluding hydrogens is 412 g/mol. The zero-order chi connectivity index (χ0) is 19.9. The number of aryl methyl sites for hydroxylation is 1. The SMILES string of the molecule is Cc1nc2ccccn2c1-c1nc(N=S(C)(C)=O)cc(N2CCOC[C@H]2C)n1.Cl. The van der Waals surface area contributed by atoms with Crippen molar-refractivity contribution >= 4 is 39.4 Å². The van der Waals surface area contributed by atoms with Gasteiger partial charge in [0.2, 0.25) is 0 Å². The van der Waals surface area contributed by atoms with E-state index in [1.54, 1.807) is 18.6 Å². The summed E-state index contributed by atoms with van der Waals surface area (Å²) in [6.07, 6.45) is 5.15. The third-order valence-electron chi connectivity index (χ3n) is 4.59. The second-order valence-electron chi connectivity index (χ2n) is 7.27. The number of imidazole rings is 1. The summed E-state index contributed by atoms with van der Waals surface area (Å²) in [6, 6.07) is 7.82. The number of nitrogens with zero attached hydrogens (tertiary/aromatic N) is 6. The van der Waals surface area contributed by atoms with Gasteiger partial charge in [-0.3, -0.25) is 4.40 Å². The van der Waals surface area contributed by atoms with Gasteiger partial charge in [-0.2, -0.15) is 4.36 Å². The molecule has 0 radical (unpaired) electrons. The third kappa shape index (κ3) is 4.52. The molecule has 4 heterocycles. The lowest BCUT2D eigenvalue weighted by Crippen LogP contribution is -2.44. The fourth-order valence-corrected chi connectivity index (χ4v) is 3.94. The fourth-order valence-electron chi connectivity index (χ4n) is 3.40. The maximum absolute atomic E-state index is 12.3. The minimum atomic E-state index is -2.36. The van der Waals surface area contributed by atoms with E-state index in [9.17, 15) is 4.21 Å². The van der Waals surface area contributed by atoms with Gasteiger partial charge in [0, 0.05) is 41.0 Å². The predicted octanol–water partition coefficient (Wildman–Crippen LogP) is 3.11. The predicted molar refractivity (Wildman–Crippen MR) is 118 cm³/mol. The number of fused-ring (bicyclic) bond motifs is 1. The molecule has 0 aliphatic carbocycles. The summed E-state index contributed by atoms with van der Waals surface area (Å²) in [5, 5.41) is 0. The first-order valence-electron chi connectivity index (χ1n) is 9.16. The Balaban J connectivity index is 0.00000240. The average Bonchev–Trinajstić information content (AvgIpc) is 2.96. The largest absolute Gasteiger partial charge is 0.377 e. The van der Waals surface area contributed by atoms with Crippen LogP contribution in [-0.2, 0) is 14.5 Å². The van der Waals surface area contributed by atoms with Crippen LogP contribution in [0.25, 0.3) is 17.2 Å². The van der Waals surface area contributed by atoms with Crippen molar-refractivity contribution in [1.82, 2.24) is 19.4 Å². The Kier molecular flexibility index (Phi) is 6.11. The van der Waals surface area contributed by atoms with Crippen molar-refractivity contribution in [3.8, 4) is 11.5 Å². The molecule has 1 fully saturated rings. The van der Waals surface area contributed by atoms with E-state index in [-0.39, 0.29) is 18.4 Å². The summed E-state index contributed by atoms with van der Waals surface area (Å²) in [7, 11) is -2.36. The minimum Gasteiger partial charge on any atom is -0.377 e. The number of ether oxygens (including phenoxy) is 1. The molecule has 0 N–H and O–H groups in total.